The van der Waals surface area contributed by atoms with Crippen LogP contribution in [0.4, 0.5) is 4.39 Å². The lowest BCUT2D eigenvalue weighted by Crippen LogP contribution is -2.04. The molecule has 1 N–H and O–H groups in total. The molecule has 0 saturated carbocycles. The highest BCUT2D eigenvalue weighted by Crippen LogP contribution is 2.26. The van der Waals surface area contributed by atoms with Crippen LogP contribution >= 0.6 is 27.5 Å². The number of hydrogen-bond acceptors (Lipinski definition) is 1. The van der Waals surface area contributed by atoms with Crippen molar-refractivity contribution in [2.45, 2.75) is 19.4 Å². The van der Waals surface area contributed by atoms with Gasteiger partial charge >= 0.3 is 0 Å². The maximum atomic E-state index is 13.1. The Labute approximate surface area is 125 Å². The first-order valence-electron chi connectivity index (χ1n) is 5.85. The smallest absolute Gasteiger partial charge is 0.141 e. The zero-order valence-corrected chi connectivity index (χ0v) is 12.7. The van der Waals surface area contributed by atoms with Crippen LogP contribution in [0.1, 0.15) is 22.8 Å². The Bertz CT molecular complexity index is 601. The van der Waals surface area contributed by atoms with Crippen molar-refractivity contribution in [3.8, 4) is 0 Å². The van der Waals surface area contributed by atoms with E-state index in [2.05, 4.69) is 15.9 Å². The van der Waals surface area contributed by atoms with Gasteiger partial charge in [-0.2, -0.15) is 0 Å². The Hall–Kier alpha value is -0.900. The maximum absolute atomic E-state index is 13.1. The van der Waals surface area contributed by atoms with Gasteiger partial charge in [-0.05, 0) is 47.9 Å². The highest BCUT2D eigenvalue weighted by molar-refractivity contribution is 9.10. The number of aliphatic hydroxyl groups is 1. The Kier molecular flexibility index (Phi) is 4.61. The Morgan fingerprint density at radius 3 is 2.63 bits per heavy atom. The number of rotatable bonds is 3. The van der Waals surface area contributed by atoms with Gasteiger partial charge in [0.25, 0.3) is 0 Å². The molecule has 1 nitrogen and oxygen atoms in total. The van der Waals surface area contributed by atoms with Gasteiger partial charge in [-0.15, -0.1) is 0 Å². The summed E-state index contributed by atoms with van der Waals surface area (Å²) in [5.41, 5.74) is 2.68. The molecule has 19 heavy (non-hydrogen) atoms. The first kappa shape index (κ1) is 14.5. The molecule has 0 heterocycles. The van der Waals surface area contributed by atoms with Crippen molar-refractivity contribution < 1.29 is 9.50 Å². The molecule has 1 unspecified atom stereocenters. The Balaban J connectivity index is 2.20. The molecule has 4 heteroatoms. The van der Waals surface area contributed by atoms with Gasteiger partial charge in [-0.3, -0.25) is 0 Å². The minimum atomic E-state index is -0.630. The van der Waals surface area contributed by atoms with E-state index in [1.807, 2.05) is 25.1 Å². The molecule has 2 aromatic carbocycles. The molecule has 0 saturated heterocycles. The highest BCUT2D eigenvalue weighted by atomic mass is 79.9. The predicted molar refractivity (Wildman–Crippen MR) is 79.0 cm³/mol. The Morgan fingerprint density at radius 1 is 1.26 bits per heavy atom. The predicted octanol–water partition coefficient (Wildman–Crippen LogP) is 4.83. The van der Waals surface area contributed by atoms with E-state index in [9.17, 15) is 9.50 Å². The quantitative estimate of drug-likeness (QED) is 0.846. The minimum absolute atomic E-state index is 0.0808. The molecule has 2 aromatic rings. The topological polar surface area (TPSA) is 20.2 Å². The third-order valence-electron chi connectivity index (χ3n) is 3.00. The lowest BCUT2D eigenvalue weighted by atomic mass is 9.98. The number of halogens is 3. The summed E-state index contributed by atoms with van der Waals surface area (Å²) in [5.74, 6) is -0.445. The number of aryl methyl sites for hydroxylation is 1. The first-order chi connectivity index (χ1) is 8.97. The average molecular weight is 344 g/mol. The molecule has 100 valence electrons. The third-order valence-corrected chi connectivity index (χ3v) is 3.79. The van der Waals surface area contributed by atoms with E-state index in [4.69, 9.17) is 11.6 Å². The fourth-order valence-electron chi connectivity index (χ4n) is 2.01. The van der Waals surface area contributed by atoms with Crippen LogP contribution in [0.25, 0.3) is 0 Å². The fraction of sp³-hybridized carbons (Fsp3) is 0.200. The summed E-state index contributed by atoms with van der Waals surface area (Å²) in [4.78, 5) is 0. The van der Waals surface area contributed by atoms with Crippen molar-refractivity contribution in [2.75, 3.05) is 0 Å². The van der Waals surface area contributed by atoms with Crippen LogP contribution in [-0.4, -0.2) is 5.11 Å². The largest absolute Gasteiger partial charge is 0.388 e. The van der Waals surface area contributed by atoms with E-state index in [0.29, 0.717) is 6.42 Å². The van der Waals surface area contributed by atoms with Gasteiger partial charge in [0.15, 0.2) is 0 Å². The molecule has 0 spiro atoms. The van der Waals surface area contributed by atoms with Crippen LogP contribution < -0.4 is 0 Å². The zero-order valence-electron chi connectivity index (χ0n) is 10.3. The van der Waals surface area contributed by atoms with Crippen LogP contribution in [0.3, 0.4) is 0 Å². The van der Waals surface area contributed by atoms with Gasteiger partial charge in [-0.25, -0.2) is 4.39 Å². The summed E-state index contributed by atoms with van der Waals surface area (Å²) >= 11 is 9.12. The van der Waals surface area contributed by atoms with Crippen LogP contribution in [0.5, 0.6) is 0 Å². The third kappa shape index (κ3) is 3.56. The number of hydrogen-bond donors (Lipinski definition) is 1. The van der Waals surface area contributed by atoms with E-state index < -0.39 is 11.9 Å². The van der Waals surface area contributed by atoms with Gasteiger partial charge < -0.3 is 5.11 Å². The molecule has 1 atom stereocenters. The van der Waals surface area contributed by atoms with E-state index in [0.717, 1.165) is 21.2 Å². The second-order valence-corrected chi connectivity index (χ2v) is 5.79. The maximum Gasteiger partial charge on any atom is 0.141 e. The van der Waals surface area contributed by atoms with Crippen LogP contribution in [0.15, 0.2) is 40.9 Å². The lowest BCUT2D eigenvalue weighted by Gasteiger charge is -2.14. The van der Waals surface area contributed by atoms with Gasteiger partial charge in [-0.1, -0.05) is 39.7 Å². The molecule has 0 aromatic heterocycles. The summed E-state index contributed by atoms with van der Waals surface area (Å²) in [6.45, 7) is 1.95. The second-order valence-electron chi connectivity index (χ2n) is 4.47. The molecular formula is C15H13BrClFO. The van der Waals surface area contributed by atoms with Gasteiger partial charge in [0.2, 0.25) is 0 Å². The first-order valence-corrected chi connectivity index (χ1v) is 7.02. The number of aliphatic hydroxyl groups excluding tert-OH is 1. The van der Waals surface area contributed by atoms with E-state index in [1.165, 1.54) is 6.07 Å². The fourth-order valence-corrected chi connectivity index (χ4v) is 2.69. The highest BCUT2D eigenvalue weighted by Gasteiger charge is 2.12. The van der Waals surface area contributed by atoms with Crippen LogP contribution in [0.2, 0.25) is 5.02 Å². The molecule has 2 rings (SSSR count). The summed E-state index contributed by atoms with van der Waals surface area (Å²) < 4.78 is 14.0. The van der Waals surface area contributed by atoms with Gasteiger partial charge in [0.1, 0.15) is 5.82 Å². The molecule has 0 bridgehead atoms. The molecule has 0 aliphatic rings. The summed E-state index contributed by atoms with van der Waals surface area (Å²) in [6.07, 6.45) is -0.225. The molecule has 0 radical (unpaired) electrons. The van der Waals surface area contributed by atoms with Gasteiger partial charge in [0.05, 0.1) is 11.1 Å². The van der Waals surface area contributed by atoms with Crippen LogP contribution in [-0.2, 0) is 6.42 Å². The van der Waals surface area contributed by atoms with Crippen LogP contribution in [0, 0.1) is 12.7 Å². The van der Waals surface area contributed by atoms with Crippen molar-refractivity contribution in [1.82, 2.24) is 0 Å². The van der Waals surface area contributed by atoms with Crippen molar-refractivity contribution in [3.63, 3.8) is 0 Å². The normalized spacial score (nSPS) is 12.5. The molecule has 0 amide bonds. The standard InChI is InChI=1S/C15H13BrClFO/c1-9-6-11(16)3-4-12(9)15(19)8-10-2-5-14(18)13(17)7-10/h2-7,15,19H,8H2,1H3. The minimum Gasteiger partial charge on any atom is -0.388 e. The van der Waals surface area contributed by atoms with Gasteiger partial charge in [0, 0.05) is 10.9 Å². The van der Waals surface area contributed by atoms with Crippen molar-refractivity contribution in [3.05, 3.63) is 68.4 Å². The van der Waals surface area contributed by atoms with Crippen molar-refractivity contribution >= 4 is 27.5 Å². The van der Waals surface area contributed by atoms with E-state index in [-0.39, 0.29) is 5.02 Å². The van der Waals surface area contributed by atoms with E-state index >= 15 is 0 Å². The molecule has 0 aliphatic carbocycles. The van der Waals surface area contributed by atoms with E-state index in [1.54, 1.807) is 12.1 Å². The second kappa shape index (κ2) is 6.04. The summed E-state index contributed by atoms with van der Waals surface area (Å²) in [6, 6.07) is 10.2. The summed E-state index contributed by atoms with van der Waals surface area (Å²) in [5, 5.41) is 10.3. The number of benzene rings is 2. The molecule has 0 fully saturated rings. The zero-order chi connectivity index (χ0) is 14.0. The van der Waals surface area contributed by atoms with Crippen molar-refractivity contribution in [2.24, 2.45) is 0 Å². The average Bonchev–Trinajstić information content (AvgIpc) is 2.33. The Morgan fingerprint density at radius 2 is 2.00 bits per heavy atom. The van der Waals surface area contributed by atoms with Crippen molar-refractivity contribution in [1.29, 1.82) is 0 Å². The summed E-state index contributed by atoms with van der Waals surface area (Å²) in [7, 11) is 0. The SMILES string of the molecule is Cc1cc(Br)ccc1C(O)Cc1ccc(F)c(Cl)c1. The molecular weight excluding hydrogens is 331 g/mol. The lowest BCUT2D eigenvalue weighted by molar-refractivity contribution is 0.177. The molecule has 0 aliphatic heterocycles. The monoisotopic (exact) mass is 342 g/mol.